The molecule has 0 aromatic heterocycles. The van der Waals surface area contributed by atoms with E-state index in [9.17, 15) is 14.4 Å². The van der Waals surface area contributed by atoms with Crippen LogP contribution in [0.2, 0.25) is 0 Å². The van der Waals surface area contributed by atoms with E-state index >= 15 is 0 Å². The molecule has 0 unspecified atom stereocenters. The standard InChI is InChI=1S/C14H18O3/c1-11(9-10-15)5-4-6-12(2)14(17)8-7-13(3)16/h6-10H,4-5H2,1-3H3. The van der Waals surface area contributed by atoms with E-state index in [0.29, 0.717) is 12.0 Å². The molecule has 0 aliphatic rings. The van der Waals surface area contributed by atoms with Crippen molar-refractivity contribution in [2.75, 3.05) is 0 Å². The molecule has 0 radical (unpaired) electrons. The van der Waals surface area contributed by atoms with Crippen LogP contribution < -0.4 is 0 Å². The minimum absolute atomic E-state index is 0.143. The summed E-state index contributed by atoms with van der Waals surface area (Å²) < 4.78 is 0. The molecule has 0 heterocycles. The van der Waals surface area contributed by atoms with Gasteiger partial charge in [0.25, 0.3) is 0 Å². The molecule has 0 aliphatic carbocycles. The zero-order chi connectivity index (χ0) is 13.3. The number of carbonyl (C=O) groups excluding carboxylic acids is 3. The summed E-state index contributed by atoms with van der Waals surface area (Å²) in [5.74, 6) is -0.298. The van der Waals surface area contributed by atoms with Gasteiger partial charge in [-0.1, -0.05) is 11.6 Å². The zero-order valence-corrected chi connectivity index (χ0v) is 10.5. The molecular weight excluding hydrogens is 216 g/mol. The van der Waals surface area contributed by atoms with Crippen LogP contribution in [0.3, 0.4) is 0 Å². The second-order valence-corrected chi connectivity index (χ2v) is 3.88. The van der Waals surface area contributed by atoms with Gasteiger partial charge in [0.2, 0.25) is 0 Å². The molecule has 0 saturated carbocycles. The fourth-order valence-corrected chi connectivity index (χ4v) is 1.14. The van der Waals surface area contributed by atoms with Gasteiger partial charge in [0.15, 0.2) is 11.6 Å². The maximum atomic E-state index is 11.5. The van der Waals surface area contributed by atoms with Crippen LogP contribution in [-0.2, 0) is 14.4 Å². The minimum atomic E-state index is -0.155. The Balaban J connectivity index is 4.26. The summed E-state index contributed by atoms with van der Waals surface area (Å²) in [6, 6.07) is 0. The highest BCUT2D eigenvalue weighted by Crippen LogP contribution is 2.07. The number of rotatable bonds is 7. The topological polar surface area (TPSA) is 51.2 Å². The average Bonchev–Trinajstić information content (AvgIpc) is 2.25. The fraction of sp³-hybridized carbons (Fsp3) is 0.357. The Bertz CT molecular complexity index is 384. The van der Waals surface area contributed by atoms with Gasteiger partial charge in [-0.3, -0.25) is 14.4 Å². The summed E-state index contributed by atoms with van der Waals surface area (Å²) in [6.45, 7) is 4.98. The molecule has 0 bridgehead atoms. The van der Waals surface area contributed by atoms with Crippen LogP contribution in [0.25, 0.3) is 0 Å². The quantitative estimate of drug-likeness (QED) is 0.502. The van der Waals surface area contributed by atoms with Crippen molar-refractivity contribution in [3.8, 4) is 0 Å². The Morgan fingerprint density at radius 3 is 2.24 bits per heavy atom. The van der Waals surface area contributed by atoms with E-state index in [1.165, 1.54) is 25.2 Å². The molecule has 0 spiro atoms. The summed E-state index contributed by atoms with van der Waals surface area (Å²) in [5.41, 5.74) is 1.59. The largest absolute Gasteiger partial charge is 0.299 e. The lowest BCUT2D eigenvalue weighted by Crippen LogP contribution is -1.96. The molecular formula is C14H18O3. The summed E-state index contributed by atoms with van der Waals surface area (Å²) in [5, 5.41) is 0. The predicted octanol–water partition coefficient (Wildman–Crippen LogP) is 2.57. The summed E-state index contributed by atoms with van der Waals surface area (Å²) >= 11 is 0. The first-order chi connectivity index (χ1) is 7.97. The molecule has 0 rings (SSSR count). The summed E-state index contributed by atoms with van der Waals surface area (Å²) in [7, 11) is 0. The normalized spacial score (nSPS) is 12.9. The minimum Gasteiger partial charge on any atom is -0.299 e. The molecule has 17 heavy (non-hydrogen) atoms. The van der Waals surface area contributed by atoms with Crippen molar-refractivity contribution in [3.63, 3.8) is 0 Å². The lowest BCUT2D eigenvalue weighted by Gasteiger charge is -1.97. The van der Waals surface area contributed by atoms with Crippen molar-refractivity contribution < 1.29 is 14.4 Å². The van der Waals surface area contributed by atoms with Gasteiger partial charge in [0.1, 0.15) is 6.29 Å². The lowest BCUT2D eigenvalue weighted by molar-refractivity contribution is -0.114. The molecule has 0 aromatic rings. The molecule has 0 N–H and O–H groups in total. The van der Waals surface area contributed by atoms with E-state index < -0.39 is 0 Å². The van der Waals surface area contributed by atoms with Gasteiger partial charge in [-0.05, 0) is 57.4 Å². The Kier molecular flexibility index (Phi) is 7.52. The Morgan fingerprint density at radius 1 is 1.06 bits per heavy atom. The number of hydrogen-bond acceptors (Lipinski definition) is 3. The van der Waals surface area contributed by atoms with Crippen LogP contribution in [0.5, 0.6) is 0 Å². The second kappa shape index (κ2) is 8.39. The molecule has 0 fully saturated rings. The van der Waals surface area contributed by atoms with Gasteiger partial charge in [-0.15, -0.1) is 0 Å². The number of carbonyl (C=O) groups is 3. The molecule has 3 nitrogen and oxygen atoms in total. The van der Waals surface area contributed by atoms with Crippen molar-refractivity contribution in [1.29, 1.82) is 0 Å². The molecule has 0 saturated heterocycles. The predicted molar refractivity (Wildman–Crippen MR) is 67.6 cm³/mol. The average molecular weight is 234 g/mol. The van der Waals surface area contributed by atoms with E-state index in [1.807, 2.05) is 13.0 Å². The van der Waals surface area contributed by atoms with Gasteiger partial charge in [-0.2, -0.15) is 0 Å². The highest BCUT2D eigenvalue weighted by molar-refractivity contribution is 6.06. The number of ketones is 2. The lowest BCUT2D eigenvalue weighted by atomic mass is 10.1. The maximum absolute atomic E-state index is 11.5. The third kappa shape index (κ3) is 8.08. The molecule has 0 aliphatic heterocycles. The first kappa shape index (κ1) is 15.2. The first-order valence-corrected chi connectivity index (χ1v) is 5.48. The Labute approximate surface area is 102 Å². The fourth-order valence-electron chi connectivity index (χ4n) is 1.14. The highest BCUT2D eigenvalue weighted by atomic mass is 16.1. The molecule has 92 valence electrons. The highest BCUT2D eigenvalue weighted by Gasteiger charge is 1.99. The van der Waals surface area contributed by atoms with Crippen molar-refractivity contribution in [3.05, 3.63) is 35.5 Å². The van der Waals surface area contributed by atoms with E-state index in [2.05, 4.69) is 0 Å². The van der Waals surface area contributed by atoms with Gasteiger partial charge in [-0.25, -0.2) is 0 Å². The van der Waals surface area contributed by atoms with Gasteiger partial charge < -0.3 is 0 Å². The number of aldehydes is 1. The van der Waals surface area contributed by atoms with Crippen LogP contribution >= 0.6 is 0 Å². The van der Waals surface area contributed by atoms with Crippen molar-refractivity contribution >= 4 is 17.9 Å². The first-order valence-electron chi connectivity index (χ1n) is 5.48. The van der Waals surface area contributed by atoms with Gasteiger partial charge >= 0.3 is 0 Å². The van der Waals surface area contributed by atoms with E-state index in [4.69, 9.17) is 0 Å². The summed E-state index contributed by atoms with van der Waals surface area (Å²) in [6.07, 6.45) is 8.09. The Hall–Kier alpha value is -1.77. The van der Waals surface area contributed by atoms with Crippen LogP contribution in [0.1, 0.15) is 33.6 Å². The van der Waals surface area contributed by atoms with Crippen LogP contribution in [0.4, 0.5) is 0 Å². The Morgan fingerprint density at radius 2 is 1.71 bits per heavy atom. The van der Waals surface area contributed by atoms with Crippen molar-refractivity contribution in [1.82, 2.24) is 0 Å². The number of allylic oxidation sites excluding steroid dienone is 6. The number of hydrogen-bond donors (Lipinski definition) is 0. The molecule has 0 aromatic carbocycles. The molecule has 0 amide bonds. The smallest absolute Gasteiger partial charge is 0.181 e. The monoisotopic (exact) mass is 234 g/mol. The third-order valence-corrected chi connectivity index (χ3v) is 2.20. The van der Waals surface area contributed by atoms with E-state index in [0.717, 1.165) is 18.3 Å². The van der Waals surface area contributed by atoms with Crippen LogP contribution in [0, 0.1) is 0 Å². The van der Waals surface area contributed by atoms with E-state index in [1.54, 1.807) is 6.92 Å². The van der Waals surface area contributed by atoms with Gasteiger partial charge in [0, 0.05) is 0 Å². The molecule has 0 atom stereocenters. The SMILES string of the molecule is CC(=O)C=CC(=O)C(C)=CCCC(C)=CC=O. The maximum Gasteiger partial charge on any atom is 0.181 e. The van der Waals surface area contributed by atoms with E-state index in [-0.39, 0.29) is 11.6 Å². The zero-order valence-electron chi connectivity index (χ0n) is 10.5. The third-order valence-electron chi connectivity index (χ3n) is 2.20. The summed E-state index contributed by atoms with van der Waals surface area (Å²) in [4.78, 5) is 32.3. The van der Waals surface area contributed by atoms with Crippen LogP contribution in [-0.4, -0.2) is 17.9 Å². The second-order valence-electron chi connectivity index (χ2n) is 3.88. The molecule has 3 heteroatoms. The van der Waals surface area contributed by atoms with Crippen LogP contribution in [0.15, 0.2) is 35.5 Å². The van der Waals surface area contributed by atoms with Gasteiger partial charge in [0.05, 0.1) is 0 Å². The van der Waals surface area contributed by atoms with Crippen molar-refractivity contribution in [2.45, 2.75) is 33.6 Å². The van der Waals surface area contributed by atoms with Crippen molar-refractivity contribution in [2.24, 2.45) is 0 Å².